The lowest BCUT2D eigenvalue weighted by Crippen LogP contribution is -2.65. The van der Waals surface area contributed by atoms with Crippen molar-refractivity contribution < 1.29 is 43.2 Å². The number of sulfonamides is 2. The van der Waals surface area contributed by atoms with E-state index in [9.17, 15) is 43.2 Å². The van der Waals surface area contributed by atoms with Gasteiger partial charge in [-0.1, -0.05) is 6.58 Å². The lowest BCUT2D eigenvalue weighted by atomic mass is 10.0. The molecule has 3 N–H and O–H groups in total. The summed E-state index contributed by atoms with van der Waals surface area (Å²) in [5, 5.41) is 1.09. The molecule has 8 nitrogen and oxygen atoms in total. The van der Waals surface area contributed by atoms with Crippen molar-refractivity contribution in [1.82, 2.24) is 19.9 Å². The van der Waals surface area contributed by atoms with Crippen LogP contribution in [0.3, 0.4) is 0 Å². The van der Waals surface area contributed by atoms with Crippen LogP contribution in [-0.2, 0) is 20.0 Å². The first-order chi connectivity index (χ1) is 14.4. The van der Waals surface area contributed by atoms with Crippen LogP contribution >= 0.6 is 0 Å². The van der Waals surface area contributed by atoms with Gasteiger partial charge in [0.25, 0.3) is 10.0 Å². The average molecular weight is 510 g/mol. The maximum atomic E-state index is 12.9. The molecule has 0 bridgehead atoms. The number of hydrazine groups is 1. The molecule has 0 atom stereocenters. The second-order valence-corrected chi connectivity index (χ2v) is 10.7. The maximum absolute atomic E-state index is 12.9. The van der Waals surface area contributed by atoms with E-state index < -0.39 is 48.7 Å². The minimum absolute atomic E-state index is 0.163. The van der Waals surface area contributed by atoms with Gasteiger partial charge in [-0.05, 0) is 44.0 Å². The quantitative estimate of drug-likeness (QED) is 0.366. The highest BCUT2D eigenvalue weighted by Gasteiger charge is 2.68. The maximum Gasteiger partial charge on any atom is 0.420 e. The van der Waals surface area contributed by atoms with Crippen molar-refractivity contribution >= 4 is 20.0 Å². The predicted octanol–water partition coefficient (Wildman–Crippen LogP) is 2.20. The molecule has 16 heteroatoms. The van der Waals surface area contributed by atoms with Gasteiger partial charge in [0.15, 0.2) is 0 Å². The molecule has 1 aliphatic heterocycles. The smallest absolute Gasteiger partial charge is 0.350 e. The number of alkyl halides is 6. The minimum Gasteiger partial charge on any atom is -0.350 e. The van der Waals surface area contributed by atoms with Crippen LogP contribution in [0.2, 0.25) is 0 Å². The second kappa shape index (κ2) is 8.72. The highest BCUT2D eigenvalue weighted by molar-refractivity contribution is 7.89. The Morgan fingerprint density at radius 3 is 1.78 bits per heavy atom. The Labute approximate surface area is 180 Å². The Hall–Kier alpha value is -2.04. The standard InChI is InChI=1S/C16H20F6N4O4S2/c1-11(23-14(2,15(17,18)19)16(20,21)22)24-25-31(27,28)12-5-7-13(8-6-12)32(29,30)26-9-3-4-10-26/h5-8,23-25H,1,3-4,9-10H2,2H3. The Bertz CT molecular complexity index is 1030. The van der Waals surface area contributed by atoms with Crippen molar-refractivity contribution in [2.24, 2.45) is 0 Å². The summed E-state index contributed by atoms with van der Waals surface area (Å²) in [6.07, 6.45) is -10.2. The van der Waals surface area contributed by atoms with Crippen LogP contribution in [0.4, 0.5) is 26.3 Å². The van der Waals surface area contributed by atoms with Gasteiger partial charge in [0.2, 0.25) is 15.6 Å². The zero-order valence-corrected chi connectivity index (χ0v) is 18.1. The van der Waals surface area contributed by atoms with Gasteiger partial charge in [0.05, 0.1) is 9.79 Å². The fourth-order valence-electron chi connectivity index (χ4n) is 2.69. The number of halogens is 6. The number of hydrogen-bond acceptors (Lipinski definition) is 6. The van der Waals surface area contributed by atoms with E-state index in [2.05, 4.69) is 6.58 Å². The Morgan fingerprint density at radius 1 is 0.906 bits per heavy atom. The molecule has 182 valence electrons. The molecular formula is C16H20F6N4O4S2. The van der Waals surface area contributed by atoms with Crippen LogP contribution < -0.4 is 15.6 Å². The summed E-state index contributed by atoms with van der Waals surface area (Å²) < 4.78 is 128. The molecular weight excluding hydrogens is 490 g/mol. The first-order valence-corrected chi connectivity index (χ1v) is 11.8. The van der Waals surface area contributed by atoms with Crippen molar-refractivity contribution in [3.05, 3.63) is 36.7 Å². The van der Waals surface area contributed by atoms with Crippen molar-refractivity contribution in [3.8, 4) is 0 Å². The van der Waals surface area contributed by atoms with Gasteiger partial charge in [-0.2, -0.15) is 30.6 Å². The molecule has 0 saturated carbocycles. The van der Waals surface area contributed by atoms with Crippen molar-refractivity contribution in [3.63, 3.8) is 0 Å². The molecule has 0 unspecified atom stereocenters. The molecule has 0 amide bonds. The summed E-state index contributed by atoms with van der Waals surface area (Å²) in [7, 11) is -8.31. The molecule has 32 heavy (non-hydrogen) atoms. The Kier molecular flexibility index (Phi) is 7.14. The lowest BCUT2D eigenvalue weighted by molar-refractivity contribution is -0.299. The fourth-order valence-corrected chi connectivity index (χ4v) is 5.08. The van der Waals surface area contributed by atoms with Gasteiger partial charge < -0.3 is 5.32 Å². The molecule has 1 aliphatic rings. The largest absolute Gasteiger partial charge is 0.420 e. The molecule has 0 radical (unpaired) electrons. The van der Waals surface area contributed by atoms with E-state index in [4.69, 9.17) is 0 Å². The van der Waals surface area contributed by atoms with Crippen LogP contribution in [0.5, 0.6) is 0 Å². The van der Waals surface area contributed by atoms with E-state index in [0.29, 0.717) is 25.9 Å². The zero-order valence-electron chi connectivity index (χ0n) is 16.5. The third-order valence-electron chi connectivity index (χ3n) is 4.71. The van der Waals surface area contributed by atoms with Crippen LogP contribution in [0.25, 0.3) is 0 Å². The topological polar surface area (TPSA) is 108 Å². The highest BCUT2D eigenvalue weighted by Crippen LogP contribution is 2.43. The number of benzene rings is 1. The van der Waals surface area contributed by atoms with Gasteiger partial charge in [-0.25, -0.2) is 16.8 Å². The number of hydrogen-bond donors (Lipinski definition) is 3. The summed E-state index contributed by atoms with van der Waals surface area (Å²) in [6.45, 7) is 3.41. The van der Waals surface area contributed by atoms with E-state index in [1.54, 1.807) is 10.3 Å². The van der Waals surface area contributed by atoms with Crippen molar-refractivity contribution in [2.75, 3.05) is 13.1 Å². The normalized spacial score (nSPS) is 16.7. The van der Waals surface area contributed by atoms with E-state index >= 15 is 0 Å². The number of nitrogens with zero attached hydrogens (tertiary/aromatic N) is 1. The van der Waals surface area contributed by atoms with Crippen molar-refractivity contribution in [1.29, 1.82) is 0 Å². The first-order valence-electron chi connectivity index (χ1n) is 8.90. The van der Waals surface area contributed by atoms with Crippen LogP contribution in [0.15, 0.2) is 46.5 Å². The zero-order chi connectivity index (χ0) is 24.6. The predicted molar refractivity (Wildman–Crippen MR) is 101 cm³/mol. The monoisotopic (exact) mass is 510 g/mol. The SMILES string of the molecule is C=C(NNS(=O)(=O)c1ccc(S(=O)(=O)N2CCCC2)cc1)NC(C)(C(F)(F)F)C(F)(F)F. The fraction of sp³-hybridized carbons (Fsp3) is 0.500. The summed E-state index contributed by atoms with van der Waals surface area (Å²) in [5.41, 5.74) is -2.76. The molecule has 1 fully saturated rings. The first kappa shape index (κ1) is 26.2. The third-order valence-corrected chi connectivity index (χ3v) is 7.88. The lowest BCUT2D eigenvalue weighted by Gasteiger charge is -2.36. The van der Waals surface area contributed by atoms with Crippen molar-refractivity contribution in [2.45, 2.75) is 47.4 Å². The van der Waals surface area contributed by atoms with Crippen LogP contribution in [0.1, 0.15) is 19.8 Å². The third kappa shape index (κ3) is 5.29. The summed E-state index contributed by atoms with van der Waals surface area (Å²) >= 11 is 0. The van der Waals surface area contributed by atoms with Gasteiger partial charge in [-0.3, -0.25) is 5.43 Å². The van der Waals surface area contributed by atoms with E-state index in [1.807, 2.05) is 0 Å². The Balaban J connectivity index is 2.11. The average Bonchev–Trinajstić information content (AvgIpc) is 3.20. The molecule has 0 aliphatic carbocycles. The summed E-state index contributed by atoms with van der Waals surface area (Å²) in [5.74, 6) is -1.13. The van der Waals surface area contributed by atoms with E-state index in [1.165, 1.54) is 4.31 Å². The molecule has 1 saturated heterocycles. The van der Waals surface area contributed by atoms with Gasteiger partial charge in [-0.15, -0.1) is 4.83 Å². The summed E-state index contributed by atoms with van der Waals surface area (Å²) in [4.78, 5) is 0.923. The highest BCUT2D eigenvalue weighted by atomic mass is 32.2. The molecule has 0 spiro atoms. The number of rotatable bonds is 8. The van der Waals surface area contributed by atoms with Gasteiger partial charge in [0.1, 0.15) is 5.82 Å². The molecule has 2 rings (SSSR count). The Morgan fingerprint density at radius 2 is 1.34 bits per heavy atom. The molecule has 1 heterocycles. The molecule has 1 aromatic rings. The minimum atomic E-state index is -5.77. The molecule has 0 aromatic heterocycles. The van der Waals surface area contributed by atoms with Gasteiger partial charge >= 0.3 is 12.4 Å². The van der Waals surface area contributed by atoms with Crippen LogP contribution in [-0.4, -0.2) is 52.1 Å². The van der Waals surface area contributed by atoms with E-state index in [-0.39, 0.29) is 11.8 Å². The van der Waals surface area contributed by atoms with Gasteiger partial charge in [0, 0.05) is 13.1 Å². The van der Waals surface area contributed by atoms with E-state index in [0.717, 1.165) is 29.6 Å². The second-order valence-electron chi connectivity index (χ2n) is 7.04. The number of nitrogens with one attached hydrogen (secondary N) is 3. The summed E-state index contributed by atoms with van der Waals surface area (Å²) in [6, 6.07) is 3.91. The van der Waals surface area contributed by atoms with Crippen LogP contribution in [0, 0.1) is 0 Å². The molecule has 1 aromatic carbocycles.